The Bertz CT molecular complexity index is 516. The van der Waals surface area contributed by atoms with E-state index >= 15 is 0 Å². The Labute approximate surface area is 112 Å². The van der Waals surface area contributed by atoms with Gasteiger partial charge in [-0.15, -0.1) is 0 Å². The summed E-state index contributed by atoms with van der Waals surface area (Å²) in [6.45, 7) is 2.20. The molecule has 0 heterocycles. The van der Waals surface area contributed by atoms with Crippen molar-refractivity contribution in [3.05, 3.63) is 22.7 Å². The Kier molecular flexibility index (Phi) is 5.40. The monoisotopic (exact) mass is 293 g/mol. The van der Waals surface area contributed by atoms with Gasteiger partial charge in [-0.25, -0.2) is 13.1 Å². The Morgan fingerprint density at radius 2 is 2.00 bits per heavy atom. The largest absolute Gasteiger partial charge is 0.495 e. The summed E-state index contributed by atoms with van der Waals surface area (Å²) < 4.78 is 36.3. The lowest BCUT2D eigenvalue weighted by Gasteiger charge is -2.11. The fourth-order valence-corrected chi connectivity index (χ4v) is 3.01. The van der Waals surface area contributed by atoms with Gasteiger partial charge in [-0.1, -0.05) is 11.6 Å². The molecule has 0 fully saturated rings. The summed E-state index contributed by atoms with van der Waals surface area (Å²) in [6, 6.07) is 2.97. The van der Waals surface area contributed by atoms with Crippen LogP contribution in [0.3, 0.4) is 0 Å². The van der Waals surface area contributed by atoms with Crippen LogP contribution in [-0.4, -0.2) is 35.8 Å². The van der Waals surface area contributed by atoms with Crippen LogP contribution in [0.4, 0.5) is 0 Å². The highest BCUT2D eigenvalue weighted by Crippen LogP contribution is 2.29. The molecule has 0 saturated heterocycles. The maximum Gasteiger partial charge on any atom is 0.240 e. The first-order valence-electron chi connectivity index (χ1n) is 5.25. The lowest BCUT2D eigenvalue weighted by Crippen LogP contribution is -2.27. The third-order valence-electron chi connectivity index (χ3n) is 2.34. The van der Waals surface area contributed by atoms with E-state index in [0.717, 1.165) is 0 Å². The molecule has 0 atom stereocenters. The molecule has 0 amide bonds. The van der Waals surface area contributed by atoms with Crippen molar-refractivity contribution < 1.29 is 17.9 Å². The first-order valence-corrected chi connectivity index (χ1v) is 7.11. The topological polar surface area (TPSA) is 64.6 Å². The highest BCUT2D eigenvalue weighted by molar-refractivity contribution is 7.89. The summed E-state index contributed by atoms with van der Waals surface area (Å²) in [6.07, 6.45) is 0. The van der Waals surface area contributed by atoms with Gasteiger partial charge in [0.25, 0.3) is 0 Å². The van der Waals surface area contributed by atoms with E-state index in [1.807, 2.05) is 0 Å². The van der Waals surface area contributed by atoms with Gasteiger partial charge >= 0.3 is 0 Å². The average Bonchev–Trinajstić information content (AvgIpc) is 2.31. The minimum atomic E-state index is -3.58. The van der Waals surface area contributed by atoms with E-state index in [4.69, 9.17) is 21.1 Å². The van der Waals surface area contributed by atoms with Crippen LogP contribution in [0.2, 0.25) is 5.02 Å². The number of hydrogen-bond donors (Lipinski definition) is 1. The van der Waals surface area contributed by atoms with E-state index in [1.165, 1.54) is 20.3 Å². The minimum Gasteiger partial charge on any atom is -0.495 e. The predicted molar refractivity (Wildman–Crippen MR) is 69.8 cm³/mol. The van der Waals surface area contributed by atoms with E-state index in [1.54, 1.807) is 13.0 Å². The second-order valence-corrected chi connectivity index (χ2v) is 5.79. The van der Waals surface area contributed by atoms with E-state index in [-0.39, 0.29) is 16.5 Å². The van der Waals surface area contributed by atoms with E-state index in [9.17, 15) is 8.42 Å². The molecule has 0 aromatic heterocycles. The first kappa shape index (κ1) is 15.2. The molecule has 1 aromatic carbocycles. The normalized spacial score (nSPS) is 11.6. The summed E-state index contributed by atoms with van der Waals surface area (Å²) in [5.41, 5.74) is 0.571. The zero-order valence-electron chi connectivity index (χ0n) is 10.5. The predicted octanol–water partition coefficient (Wildman–Crippen LogP) is 1.58. The van der Waals surface area contributed by atoms with Crippen LogP contribution in [-0.2, 0) is 14.8 Å². The van der Waals surface area contributed by atoms with Gasteiger partial charge in [-0.2, -0.15) is 0 Å². The third-order valence-corrected chi connectivity index (χ3v) is 4.24. The zero-order chi connectivity index (χ0) is 13.8. The van der Waals surface area contributed by atoms with Crippen molar-refractivity contribution in [1.29, 1.82) is 0 Å². The maximum absolute atomic E-state index is 12.0. The summed E-state index contributed by atoms with van der Waals surface area (Å²) >= 11 is 5.93. The maximum atomic E-state index is 12.0. The van der Waals surface area contributed by atoms with E-state index in [2.05, 4.69) is 4.72 Å². The van der Waals surface area contributed by atoms with Gasteiger partial charge in [0, 0.05) is 13.7 Å². The number of halogens is 1. The number of aryl methyl sites for hydroxylation is 1. The molecule has 1 N–H and O–H groups in total. The lowest BCUT2D eigenvalue weighted by atomic mass is 10.2. The fourth-order valence-electron chi connectivity index (χ4n) is 1.44. The standard InChI is InChI=1S/C11H16ClNO4S/c1-8-6-10(17-3)9(12)7-11(8)18(14,15)13-4-5-16-2/h6-7,13H,4-5H2,1-3H3. The Balaban J connectivity index is 3.05. The van der Waals surface area contributed by atoms with Crippen LogP contribution in [0.5, 0.6) is 5.75 Å². The van der Waals surface area contributed by atoms with Crippen LogP contribution in [0.1, 0.15) is 5.56 Å². The molecule has 0 spiro atoms. The van der Waals surface area contributed by atoms with Gasteiger partial charge in [0.1, 0.15) is 5.75 Å². The molecule has 0 radical (unpaired) electrons. The second kappa shape index (κ2) is 6.38. The molecule has 18 heavy (non-hydrogen) atoms. The van der Waals surface area contributed by atoms with Crippen molar-refractivity contribution in [1.82, 2.24) is 4.72 Å². The summed E-state index contributed by atoms with van der Waals surface area (Å²) in [4.78, 5) is 0.143. The first-order chi connectivity index (χ1) is 8.42. The van der Waals surface area contributed by atoms with E-state index < -0.39 is 10.0 Å². The summed E-state index contributed by atoms with van der Waals surface area (Å²) in [5.74, 6) is 0.449. The van der Waals surface area contributed by atoms with E-state index in [0.29, 0.717) is 17.9 Å². The molecule has 7 heteroatoms. The van der Waals surface area contributed by atoms with Crippen LogP contribution in [0, 0.1) is 6.92 Å². The number of ether oxygens (including phenoxy) is 2. The molecule has 0 saturated carbocycles. The molecule has 0 unspecified atom stereocenters. The second-order valence-electron chi connectivity index (χ2n) is 3.64. The third kappa shape index (κ3) is 3.58. The number of benzene rings is 1. The Morgan fingerprint density at radius 1 is 1.33 bits per heavy atom. The summed E-state index contributed by atoms with van der Waals surface area (Å²) in [7, 11) is -0.599. The average molecular weight is 294 g/mol. The molecular formula is C11H16ClNO4S. The van der Waals surface area contributed by atoms with Crippen molar-refractivity contribution in [2.24, 2.45) is 0 Å². The SMILES string of the molecule is COCCNS(=O)(=O)c1cc(Cl)c(OC)cc1C. The number of methoxy groups -OCH3 is 2. The number of hydrogen-bond acceptors (Lipinski definition) is 4. The summed E-state index contributed by atoms with van der Waals surface area (Å²) in [5, 5.41) is 0.259. The van der Waals surface area contributed by atoms with Gasteiger partial charge in [0.2, 0.25) is 10.0 Å². The molecule has 0 aliphatic carbocycles. The Morgan fingerprint density at radius 3 is 2.56 bits per heavy atom. The highest BCUT2D eigenvalue weighted by atomic mass is 35.5. The van der Waals surface area contributed by atoms with Crippen LogP contribution in [0.15, 0.2) is 17.0 Å². The van der Waals surface area contributed by atoms with Gasteiger partial charge in [0.15, 0.2) is 0 Å². The molecule has 1 rings (SSSR count). The van der Waals surface area contributed by atoms with Crippen molar-refractivity contribution >= 4 is 21.6 Å². The zero-order valence-corrected chi connectivity index (χ0v) is 12.1. The van der Waals surface area contributed by atoms with Crippen LogP contribution < -0.4 is 9.46 Å². The van der Waals surface area contributed by atoms with Crippen LogP contribution >= 0.6 is 11.6 Å². The number of nitrogens with one attached hydrogen (secondary N) is 1. The Hall–Kier alpha value is -0.820. The molecule has 5 nitrogen and oxygen atoms in total. The molecule has 0 bridgehead atoms. The van der Waals surface area contributed by atoms with Gasteiger partial charge in [0.05, 0.1) is 23.6 Å². The fraction of sp³-hybridized carbons (Fsp3) is 0.455. The van der Waals surface area contributed by atoms with Gasteiger partial charge < -0.3 is 9.47 Å². The van der Waals surface area contributed by atoms with Crippen LogP contribution in [0.25, 0.3) is 0 Å². The molecule has 0 aliphatic rings. The lowest BCUT2D eigenvalue weighted by molar-refractivity contribution is 0.204. The quantitative estimate of drug-likeness (QED) is 0.809. The molecule has 0 aliphatic heterocycles. The van der Waals surface area contributed by atoms with Crippen molar-refractivity contribution in [2.75, 3.05) is 27.4 Å². The van der Waals surface area contributed by atoms with Gasteiger partial charge in [-0.05, 0) is 24.6 Å². The number of sulfonamides is 1. The molecular weight excluding hydrogens is 278 g/mol. The van der Waals surface area contributed by atoms with Gasteiger partial charge in [-0.3, -0.25) is 0 Å². The highest BCUT2D eigenvalue weighted by Gasteiger charge is 2.18. The number of rotatable bonds is 6. The van der Waals surface area contributed by atoms with Crippen molar-refractivity contribution in [3.8, 4) is 5.75 Å². The smallest absolute Gasteiger partial charge is 0.240 e. The van der Waals surface area contributed by atoms with Crippen molar-refractivity contribution in [3.63, 3.8) is 0 Å². The molecule has 102 valence electrons. The molecule has 1 aromatic rings. The van der Waals surface area contributed by atoms with Crippen molar-refractivity contribution in [2.45, 2.75) is 11.8 Å². The minimum absolute atomic E-state index is 0.143.